The summed E-state index contributed by atoms with van der Waals surface area (Å²) in [5.74, 6) is 2.05. The van der Waals surface area contributed by atoms with Crippen LogP contribution in [0.2, 0.25) is 10.0 Å². The van der Waals surface area contributed by atoms with Gasteiger partial charge in [-0.15, -0.1) is 0 Å². The molecule has 0 radical (unpaired) electrons. The summed E-state index contributed by atoms with van der Waals surface area (Å²) in [5, 5.41) is 4.72. The third kappa shape index (κ3) is 3.24. The predicted molar refractivity (Wildman–Crippen MR) is 83.8 cm³/mol. The normalized spacial score (nSPS) is 25.0. The number of halogens is 2. The minimum atomic E-state index is 0.283. The van der Waals surface area contributed by atoms with Crippen LogP contribution in [0.3, 0.4) is 0 Å². The number of benzene rings is 1. The third-order valence-electron chi connectivity index (χ3n) is 4.58. The van der Waals surface area contributed by atoms with Crippen molar-refractivity contribution in [1.82, 2.24) is 5.32 Å². The van der Waals surface area contributed by atoms with Gasteiger partial charge in [0.25, 0.3) is 0 Å². The summed E-state index contributed by atoms with van der Waals surface area (Å²) in [6.45, 7) is 2.16. The fourth-order valence-corrected chi connectivity index (χ4v) is 3.99. The Morgan fingerprint density at radius 3 is 2.55 bits per heavy atom. The van der Waals surface area contributed by atoms with E-state index in [1.165, 1.54) is 32.1 Å². The first kappa shape index (κ1) is 14.5. The monoisotopic (exact) mass is 313 g/mol. The molecule has 4 heteroatoms. The van der Waals surface area contributed by atoms with E-state index in [2.05, 4.69) is 5.32 Å². The predicted octanol–water partition coefficient (Wildman–Crippen LogP) is 4.54. The summed E-state index contributed by atoms with van der Waals surface area (Å²) in [4.78, 5) is 0. The molecule has 1 aliphatic carbocycles. The van der Waals surface area contributed by atoms with Gasteiger partial charge in [-0.1, -0.05) is 36.0 Å². The molecule has 2 unspecified atom stereocenters. The molecule has 0 amide bonds. The maximum Gasteiger partial charge on any atom is 0.138 e. The first-order chi connectivity index (χ1) is 9.74. The third-order valence-corrected chi connectivity index (χ3v) is 5.11. The van der Waals surface area contributed by atoms with Gasteiger partial charge in [0.05, 0.1) is 5.02 Å². The highest BCUT2D eigenvalue weighted by molar-refractivity contribution is 6.35. The Labute approximate surface area is 130 Å². The number of nitrogens with one attached hydrogen (secondary N) is 1. The van der Waals surface area contributed by atoms with Crippen molar-refractivity contribution < 1.29 is 4.74 Å². The highest BCUT2D eigenvalue weighted by atomic mass is 35.5. The lowest BCUT2D eigenvalue weighted by Gasteiger charge is -2.30. The van der Waals surface area contributed by atoms with Crippen LogP contribution in [0.1, 0.15) is 32.1 Å². The lowest BCUT2D eigenvalue weighted by Crippen LogP contribution is -2.35. The molecule has 1 N–H and O–H groups in total. The maximum atomic E-state index is 6.34. The topological polar surface area (TPSA) is 21.3 Å². The molecule has 0 spiro atoms. The van der Waals surface area contributed by atoms with Crippen LogP contribution in [-0.2, 0) is 0 Å². The number of ether oxygens (including phenoxy) is 1. The molecular formula is C16H21Cl2NO. The van der Waals surface area contributed by atoms with Crippen molar-refractivity contribution in [3.63, 3.8) is 0 Å². The van der Waals surface area contributed by atoms with E-state index in [0.717, 1.165) is 18.8 Å². The Morgan fingerprint density at radius 2 is 1.90 bits per heavy atom. The molecular weight excluding hydrogens is 293 g/mol. The van der Waals surface area contributed by atoms with Gasteiger partial charge in [-0.25, -0.2) is 0 Å². The van der Waals surface area contributed by atoms with Crippen LogP contribution >= 0.6 is 23.2 Å². The Balaban J connectivity index is 1.77. The van der Waals surface area contributed by atoms with Crippen molar-refractivity contribution in [2.75, 3.05) is 13.1 Å². The van der Waals surface area contributed by atoms with Gasteiger partial charge in [-0.05, 0) is 49.9 Å². The molecule has 1 aliphatic heterocycles. The van der Waals surface area contributed by atoms with Crippen LogP contribution in [0.5, 0.6) is 5.75 Å². The molecule has 0 aromatic heterocycles. The molecule has 1 aromatic rings. The molecule has 2 nitrogen and oxygen atoms in total. The quantitative estimate of drug-likeness (QED) is 0.881. The van der Waals surface area contributed by atoms with E-state index in [0.29, 0.717) is 21.9 Å². The average Bonchev–Trinajstić information content (AvgIpc) is 3.11. The average molecular weight is 314 g/mol. The van der Waals surface area contributed by atoms with Gasteiger partial charge in [-0.2, -0.15) is 0 Å². The van der Waals surface area contributed by atoms with Crippen molar-refractivity contribution in [2.24, 2.45) is 11.8 Å². The Morgan fingerprint density at radius 1 is 1.10 bits per heavy atom. The molecule has 1 saturated heterocycles. The second-order valence-electron chi connectivity index (χ2n) is 5.95. The van der Waals surface area contributed by atoms with Crippen LogP contribution in [-0.4, -0.2) is 19.2 Å². The van der Waals surface area contributed by atoms with Crippen LogP contribution in [0.15, 0.2) is 18.2 Å². The fraction of sp³-hybridized carbons (Fsp3) is 0.625. The van der Waals surface area contributed by atoms with E-state index >= 15 is 0 Å². The Bertz CT molecular complexity index is 438. The zero-order valence-corrected chi connectivity index (χ0v) is 13.1. The van der Waals surface area contributed by atoms with Gasteiger partial charge in [0.15, 0.2) is 0 Å². The summed E-state index contributed by atoms with van der Waals surface area (Å²) in [6.07, 6.45) is 6.72. The molecule has 2 fully saturated rings. The number of rotatable bonds is 4. The van der Waals surface area contributed by atoms with Gasteiger partial charge in [0.1, 0.15) is 11.9 Å². The van der Waals surface area contributed by atoms with E-state index in [4.69, 9.17) is 27.9 Å². The molecule has 2 aliphatic rings. The summed E-state index contributed by atoms with van der Waals surface area (Å²) in [7, 11) is 0. The summed E-state index contributed by atoms with van der Waals surface area (Å²) in [6, 6.07) is 5.51. The van der Waals surface area contributed by atoms with Gasteiger partial charge in [0, 0.05) is 17.5 Å². The van der Waals surface area contributed by atoms with Crippen molar-refractivity contribution in [1.29, 1.82) is 0 Å². The van der Waals surface area contributed by atoms with Gasteiger partial charge >= 0.3 is 0 Å². The van der Waals surface area contributed by atoms with Crippen LogP contribution in [0, 0.1) is 11.8 Å². The summed E-state index contributed by atoms with van der Waals surface area (Å²) < 4.78 is 6.34. The van der Waals surface area contributed by atoms with Crippen LogP contribution in [0.4, 0.5) is 0 Å². The van der Waals surface area contributed by atoms with Crippen LogP contribution < -0.4 is 10.1 Å². The zero-order chi connectivity index (χ0) is 13.9. The highest BCUT2D eigenvalue weighted by Gasteiger charge is 2.35. The molecule has 2 atom stereocenters. The van der Waals surface area contributed by atoms with Gasteiger partial charge in [0.2, 0.25) is 0 Å². The summed E-state index contributed by atoms with van der Waals surface area (Å²) >= 11 is 12.2. The molecule has 20 heavy (non-hydrogen) atoms. The fourth-order valence-electron chi connectivity index (χ4n) is 3.54. The van der Waals surface area contributed by atoms with E-state index in [1.54, 1.807) is 6.07 Å². The van der Waals surface area contributed by atoms with E-state index in [-0.39, 0.29) is 6.10 Å². The number of hydrogen-bond donors (Lipinski definition) is 1. The van der Waals surface area contributed by atoms with Crippen molar-refractivity contribution in [3.05, 3.63) is 28.2 Å². The minimum absolute atomic E-state index is 0.283. The Kier molecular flexibility index (Phi) is 4.75. The van der Waals surface area contributed by atoms with Crippen molar-refractivity contribution in [3.8, 4) is 5.75 Å². The summed E-state index contributed by atoms with van der Waals surface area (Å²) in [5.41, 5.74) is 0. The first-order valence-electron chi connectivity index (χ1n) is 7.56. The second kappa shape index (κ2) is 6.55. The molecule has 3 rings (SSSR count). The van der Waals surface area contributed by atoms with E-state index in [9.17, 15) is 0 Å². The lowest BCUT2D eigenvalue weighted by molar-refractivity contribution is 0.0844. The minimum Gasteiger partial charge on any atom is -0.488 e. The van der Waals surface area contributed by atoms with Crippen molar-refractivity contribution >= 4 is 23.2 Å². The zero-order valence-electron chi connectivity index (χ0n) is 11.6. The van der Waals surface area contributed by atoms with Gasteiger partial charge in [-0.3, -0.25) is 0 Å². The van der Waals surface area contributed by atoms with E-state index < -0.39 is 0 Å². The molecule has 1 saturated carbocycles. The number of hydrogen-bond acceptors (Lipinski definition) is 2. The highest BCUT2D eigenvalue weighted by Crippen LogP contribution is 2.37. The van der Waals surface area contributed by atoms with Crippen LogP contribution in [0.25, 0.3) is 0 Å². The molecule has 1 aromatic carbocycles. The lowest BCUT2D eigenvalue weighted by atomic mass is 9.89. The molecule has 1 heterocycles. The van der Waals surface area contributed by atoms with E-state index in [1.807, 2.05) is 12.1 Å². The largest absolute Gasteiger partial charge is 0.488 e. The smallest absolute Gasteiger partial charge is 0.138 e. The second-order valence-corrected chi connectivity index (χ2v) is 6.80. The molecule has 110 valence electrons. The molecule has 0 bridgehead atoms. The van der Waals surface area contributed by atoms with Crippen molar-refractivity contribution in [2.45, 2.75) is 38.2 Å². The first-order valence-corrected chi connectivity index (χ1v) is 8.32. The van der Waals surface area contributed by atoms with Gasteiger partial charge < -0.3 is 10.1 Å². The SMILES string of the molecule is Clc1ccc(OC(C2CCCC2)C2CCNC2)c(Cl)c1. The Hall–Kier alpha value is -0.440. The standard InChI is InChI=1S/C16H21Cl2NO/c17-13-5-6-15(14(18)9-13)20-16(11-3-1-2-4-11)12-7-8-19-10-12/h5-6,9,11-12,16,19H,1-4,7-8,10H2. The maximum absolute atomic E-state index is 6.34.